The molecule has 4 rings (SSSR count). The lowest BCUT2D eigenvalue weighted by Gasteiger charge is -2.12. The maximum absolute atomic E-state index is 5.86. The van der Waals surface area contributed by atoms with Crippen LogP contribution in [-0.2, 0) is 6.42 Å². The van der Waals surface area contributed by atoms with Gasteiger partial charge < -0.3 is 23.7 Å². The molecule has 1 aromatic heterocycles. The number of benzene rings is 3. The van der Waals surface area contributed by atoms with Crippen LogP contribution in [0.2, 0.25) is 0 Å². The second-order valence-electron chi connectivity index (χ2n) is 7.57. The van der Waals surface area contributed by atoms with Gasteiger partial charge in [0, 0.05) is 24.3 Å². The molecule has 7 nitrogen and oxygen atoms in total. The van der Waals surface area contributed by atoms with E-state index in [1.165, 1.54) is 0 Å². The first-order valence-corrected chi connectivity index (χ1v) is 11.0. The van der Waals surface area contributed by atoms with Gasteiger partial charge in [0.1, 0.15) is 12.1 Å². The number of para-hydroxylation sites is 2. The monoisotopic (exact) mass is 460 g/mol. The van der Waals surface area contributed by atoms with Crippen molar-refractivity contribution in [2.75, 3.05) is 34.5 Å². The van der Waals surface area contributed by atoms with Crippen LogP contribution in [0.1, 0.15) is 17.7 Å². The molecule has 0 spiro atoms. The van der Waals surface area contributed by atoms with Crippen LogP contribution in [0, 0.1) is 0 Å². The molecule has 0 saturated carbocycles. The van der Waals surface area contributed by atoms with Crippen molar-refractivity contribution in [1.82, 2.24) is 9.97 Å². The average molecular weight is 461 g/mol. The fraction of sp³-hybridized carbons (Fsp3) is 0.259. The minimum atomic E-state index is 0.549. The fourth-order valence-electron chi connectivity index (χ4n) is 3.64. The highest BCUT2D eigenvalue weighted by atomic mass is 16.5. The van der Waals surface area contributed by atoms with Gasteiger partial charge in [-0.15, -0.1) is 0 Å². The number of hydrogen-bond donors (Lipinski definition) is 0. The molecular weight excluding hydrogens is 432 g/mol. The first kappa shape index (κ1) is 23.2. The second-order valence-corrected chi connectivity index (χ2v) is 7.57. The third-order valence-corrected chi connectivity index (χ3v) is 5.40. The molecule has 0 atom stereocenters. The summed E-state index contributed by atoms with van der Waals surface area (Å²) < 4.78 is 27.8. The molecule has 4 aromatic rings. The zero-order valence-electron chi connectivity index (χ0n) is 19.6. The van der Waals surface area contributed by atoms with Gasteiger partial charge in [-0.2, -0.15) is 0 Å². The van der Waals surface area contributed by atoms with Gasteiger partial charge in [0.05, 0.1) is 45.8 Å². The standard InChI is InChI=1S/C27H28N2O5/c1-30-24-7-4-5-8-25(24)34-14-6-13-33-20-11-9-19(10-12-20)15-22-21-16-26(31-2)27(32-3)17-23(21)29-18-28-22/h4-5,7-12,16-18H,6,13-15H2,1-3H3. The largest absolute Gasteiger partial charge is 0.493 e. The van der Waals surface area contributed by atoms with Gasteiger partial charge in [0.15, 0.2) is 23.0 Å². The van der Waals surface area contributed by atoms with Crippen LogP contribution >= 0.6 is 0 Å². The molecule has 176 valence electrons. The Bertz CT molecular complexity index is 1230. The van der Waals surface area contributed by atoms with E-state index in [0.717, 1.165) is 45.8 Å². The van der Waals surface area contributed by atoms with Crippen LogP contribution in [0.25, 0.3) is 10.9 Å². The number of fused-ring (bicyclic) bond motifs is 1. The summed E-state index contributed by atoms with van der Waals surface area (Å²) in [7, 11) is 4.87. The van der Waals surface area contributed by atoms with Crippen molar-refractivity contribution in [2.45, 2.75) is 12.8 Å². The van der Waals surface area contributed by atoms with Gasteiger partial charge in [0.25, 0.3) is 0 Å². The molecule has 0 N–H and O–H groups in total. The molecule has 0 fully saturated rings. The van der Waals surface area contributed by atoms with E-state index in [4.69, 9.17) is 23.7 Å². The van der Waals surface area contributed by atoms with Gasteiger partial charge in [-0.05, 0) is 35.9 Å². The van der Waals surface area contributed by atoms with E-state index in [1.807, 2.05) is 48.5 Å². The number of aromatic nitrogens is 2. The SMILES string of the molecule is COc1cc2ncnc(Cc3ccc(OCCCOc4ccccc4OC)cc3)c2cc1OC. The molecule has 1 heterocycles. The predicted molar refractivity (Wildman–Crippen MR) is 130 cm³/mol. The van der Waals surface area contributed by atoms with Crippen molar-refractivity contribution in [3.8, 4) is 28.7 Å². The van der Waals surface area contributed by atoms with E-state index in [9.17, 15) is 0 Å². The molecule has 3 aromatic carbocycles. The molecule has 7 heteroatoms. The Balaban J connectivity index is 1.33. The van der Waals surface area contributed by atoms with E-state index in [0.29, 0.717) is 31.1 Å². The quantitative estimate of drug-likeness (QED) is 0.289. The Hall–Kier alpha value is -4.00. The summed E-state index contributed by atoms with van der Waals surface area (Å²) in [4.78, 5) is 8.88. The zero-order chi connectivity index (χ0) is 23.8. The van der Waals surface area contributed by atoms with E-state index in [1.54, 1.807) is 27.7 Å². The molecule has 34 heavy (non-hydrogen) atoms. The number of rotatable bonds is 11. The van der Waals surface area contributed by atoms with E-state index >= 15 is 0 Å². The molecular formula is C27H28N2O5. The van der Waals surface area contributed by atoms with Crippen molar-refractivity contribution in [2.24, 2.45) is 0 Å². The van der Waals surface area contributed by atoms with Gasteiger partial charge in [0.2, 0.25) is 0 Å². The van der Waals surface area contributed by atoms with Gasteiger partial charge in [-0.1, -0.05) is 24.3 Å². The van der Waals surface area contributed by atoms with Crippen LogP contribution in [0.5, 0.6) is 28.7 Å². The number of nitrogens with zero attached hydrogens (tertiary/aromatic N) is 2. The van der Waals surface area contributed by atoms with Crippen LogP contribution in [0.3, 0.4) is 0 Å². The van der Waals surface area contributed by atoms with E-state index in [2.05, 4.69) is 22.1 Å². The van der Waals surface area contributed by atoms with Gasteiger partial charge >= 0.3 is 0 Å². The fourth-order valence-corrected chi connectivity index (χ4v) is 3.64. The highest BCUT2D eigenvalue weighted by Crippen LogP contribution is 2.32. The smallest absolute Gasteiger partial charge is 0.162 e. The van der Waals surface area contributed by atoms with Crippen molar-refractivity contribution in [3.63, 3.8) is 0 Å². The molecule has 0 aliphatic rings. The molecule has 0 aliphatic carbocycles. The summed E-state index contributed by atoms with van der Waals surface area (Å²) in [6.45, 7) is 1.11. The van der Waals surface area contributed by atoms with Crippen LogP contribution in [-0.4, -0.2) is 44.5 Å². The zero-order valence-corrected chi connectivity index (χ0v) is 19.6. The Morgan fingerprint density at radius 3 is 2.09 bits per heavy atom. The Morgan fingerprint density at radius 1 is 0.676 bits per heavy atom. The second kappa shape index (κ2) is 11.2. The minimum absolute atomic E-state index is 0.549. The van der Waals surface area contributed by atoms with Crippen LogP contribution in [0.15, 0.2) is 67.0 Å². The summed E-state index contributed by atoms with van der Waals surface area (Å²) in [5, 5.41) is 0.940. The summed E-state index contributed by atoms with van der Waals surface area (Å²) >= 11 is 0. The third-order valence-electron chi connectivity index (χ3n) is 5.40. The van der Waals surface area contributed by atoms with Gasteiger partial charge in [-0.25, -0.2) is 9.97 Å². The molecule has 0 amide bonds. The highest BCUT2D eigenvalue weighted by molar-refractivity contribution is 5.84. The Morgan fingerprint density at radius 2 is 1.35 bits per heavy atom. The summed E-state index contributed by atoms with van der Waals surface area (Å²) in [5.41, 5.74) is 2.87. The number of methoxy groups -OCH3 is 3. The van der Waals surface area contributed by atoms with Gasteiger partial charge in [-0.3, -0.25) is 0 Å². The topological polar surface area (TPSA) is 71.9 Å². The highest BCUT2D eigenvalue weighted by Gasteiger charge is 2.11. The predicted octanol–water partition coefficient (Wildman–Crippen LogP) is 5.09. The number of ether oxygens (including phenoxy) is 5. The first-order valence-electron chi connectivity index (χ1n) is 11.0. The normalized spacial score (nSPS) is 10.7. The Labute approximate surface area is 199 Å². The van der Waals surface area contributed by atoms with E-state index < -0.39 is 0 Å². The van der Waals surface area contributed by atoms with E-state index in [-0.39, 0.29) is 0 Å². The summed E-state index contributed by atoms with van der Waals surface area (Å²) in [5.74, 6) is 3.59. The van der Waals surface area contributed by atoms with Crippen LogP contribution < -0.4 is 23.7 Å². The first-order chi connectivity index (χ1) is 16.7. The Kier molecular flexibility index (Phi) is 7.65. The molecule has 0 radical (unpaired) electrons. The molecule has 0 aliphatic heterocycles. The average Bonchev–Trinajstić information content (AvgIpc) is 2.89. The van der Waals surface area contributed by atoms with Crippen molar-refractivity contribution in [3.05, 3.63) is 78.2 Å². The molecule has 0 unspecified atom stereocenters. The van der Waals surface area contributed by atoms with Crippen LogP contribution in [0.4, 0.5) is 0 Å². The summed E-state index contributed by atoms with van der Waals surface area (Å²) in [6, 6.07) is 19.5. The van der Waals surface area contributed by atoms with Crippen molar-refractivity contribution in [1.29, 1.82) is 0 Å². The molecule has 0 bridgehead atoms. The lowest BCUT2D eigenvalue weighted by atomic mass is 10.1. The maximum Gasteiger partial charge on any atom is 0.162 e. The van der Waals surface area contributed by atoms with Crippen molar-refractivity contribution >= 4 is 10.9 Å². The molecule has 0 saturated heterocycles. The lowest BCUT2D eigenvalue weighted by Crippen LogP contribution is -2.05. The maximum atomic E-state index is 5.86. The third kappa shape index (κ3) is 5.49. The number of hydrogen-bond acceptors (Lipinski definition) is 7. The summed E-state index contributed by atoms with van der Waals surface area (Å²) in [6.07, 6.45) is 3.01. The lowest BCUT2D eigenvalue weighted by molar-refractivity contribution is 0.240. The van der Waals surface area contributed by atoms with Crippen molar-refractivity contribution < 1.29 is 23.7 Å². The minimum Gasteiger partial charge on any atom is -0.493 e.